The summed E-state index contributed by atoms with van der Waals surface area (Å²) in [5.74, 6) is -1.27. The van der Waals surface area contributed by atoms with Crippen molar-refractivity contribution in [3.63, 3.8) is 0 Å². The number of para-hydroxylation sites is 1. The highest BCUT2D eigenvalue weighted by Crippen LogP contribution is 2.36. The van der Waals surface area contributed by atoms with Gasteiger partial charge in [-0.25, -0.2) is 4.79 Å². The van der Waals surface area contributed by atoms with E-state index in [1.807, 2.05) is 0 Å². The maximum atomic E-state index is 13.1. The Morgan fingerprint density at radius 2 is 1.81 bits per heavy atom. The summed E-state index contributed by atoms with van der Waals surface area (Å²) in [6, 6.07) is 4.78. The van der Waals surface area contributed by atoms with Gasteiger partial charge < -0.3 is 5.11 Å². The Balaban J connectivity index is 2.94. The molecule has 1 aromatic heterocycles. The third-order valence-electron chi connectivity index (χ3n) is 3.14. The highest BCUT2D eigenvalue weighted by Gasteiger charge is 2.34. The molecule has 0 amide bonds. The number of aromatic carboxylic acids is 1. The maximum Gasteiger partial charge on any atom is 0.418 e. The topological polar surface area (TPSA) is 50.2 Å². The molecule has 2 rings (SSSR count). The van der Waals surface area contributed by atoms with E-state index in [-0.39, 0.29) is 16.5 Å². The lowest BCUT2D eigenvalue weighted by atomic mass is 9.89. The molecule has 0 spiro atoms. The molecule has 0 saturated carbocycles. The van der Waals surface area contributed by atoms with Crippen molar-refractivity contribution in [3.05, 3.63) is 41.1 Å². The molecule has 0 fully saturated rings. The first-order valence-electron chi connectivity index (χ1n) is 6.26. The number of hydrogen-bond acceptors (Lipinski definition) is 2. The van der Waals surface area contributed by atoms with E-state index in [2.05, 4.69) is 4.98 Å². The fourth-order valence-electron chi connectivity index (χ4n) is 2.04. The van der Waals surface area contributed by atoms with E-state index in [9.17, 15) is 23.1 Å². The van der Waals surface area contributed by atoms with E-state index in [1.165, 1.54) is 18.2 Å². The van der Waals surface area contributed by atoms with Crippen molar-refractivity contribution in [3.8, 4) is 0 Å². The molecule has 0 aliphatic carbocycles. The Bertz CT molecular complexity index is 715. The van der Waals surface area contributed by atoms with Crippen molar-refractivity contribution in [2.24, 2.45) is 0 Å². The molecule has 21 heavy (non-hydrogen) atoms. The van der Waals surface area contributed by atoms with Gasteiger partial charge in [0.1, 0.15) is 0 Å². The van der Waals surface area contributed by atoms with Gasteiger partial charge in [0, 0.05) is 16.5 Å². The number of rotatable bonds is 1. The summed E-state index contributed by atoms with van der Waals surface area (Å²) in [6.45, 7) is 5.30. The summed E-state index contributed by atoms with van der Waals surface area (Å²) < 4.78 is 39.3. The lowest BCUT2D eigenvalue weighted by Crippen LogP contribution is -2.17. The Hall–Kier alpha value is -2.11. The predicted molar refractivity (Wildman–Crippen MR) is 72.4 cm³/mol. The Morgan fingerprint density at radius 3 is 2.29 bits per heavy atom. The fraction of sp³-hybridized carbons (Fsp3) is 0.333. The van der Waals surface area contributed by atoms with Crippen LogP contribution in [0.25, 0.3) is 10.9 Å². The quantitative estimate of drug-likeness (QED) is 0.856. The molecule has 0 unspecified atom stereocenters. The number of halogens is 3. The molecule has 6 heteroatoms. The second kappa shape index (κ2) is 4.72. The van der Waals surface area contributed by atoms with Gasteiger partial charge in [-0.15, -0.1) is 0 Å². The fourth-order valence-corrected chi connectivity index (χ4v) is 2.04. The van der Waals surface area contributed by atoms with Crippen LogP contribution in [-0.2, 0) is 11.6 Å². The Morgan fingerprint density at radius 1 is 1.19 bits per heavy atom. The second-order valence-corrected chi connectivity index (χ2v) is 5.81. The van der Waals surface area contributed by atoms with Crippen LogP contribution in [0.3, 0.4) is 0 Å². The first kappa shape index (κ1) is 15.3. The van der Waals surface area contributed by atoms with E-state index < -0.39 is 23.1 Å². The second-order valence-electron chi connectivity index (χ2n) is 5.81. The molecule has 0 saturated heterocycles. The van der Waals surface area contributed by atoms with Crippen molar-refractivity contribution in [2.45, 2.75) is 32.4 Å². The van der Waals surface area contributed by atoms with Crippen LogP contribution in [0, 0.1) is 0 Å². The smallest absolute Gasteiger partial charge is 0.418 e. The first-order chi connectivity index (χ1) is 9.51. The lowest BCUT2D eigenvalue weighted by Gasteiger charge is -2.20. The molecular formula is C15H14F3NO2. The highest BCUT2D eigenvalue weighted by molar-refractivity contribution is 6.03. The minimum Gasteiger partial charge on any atom is -0.478 e. The van der Waals surface area contributed by atoms with E-state index >= 15 is 0 Å². The average molecular weight is 297 g/mol. The molecular weight excluding hydrogens is 283 g/mol. The summed E-state index contributed by atoms with van der Waals surface area (Å²) >= 11 is 0. The highest BCUT2D eigenvalue weighted by atomic mass is 19.4. The van der Waals surface area contributed by atoms with Crippen LogP contribution in [-0.4, -0.2) is 16.1 Å². The number of alkyl halides is 3. The van der Waals surface area contributed by atoms with Gasteiger partial charge in [0.15, 0.2) is 0 Å². The summed E-state index contributed by atoms with van der Waals surface area (Å²) in [7, 11) is 0. The third-order valence-corrected chi connectivity index (χ3v) is 3.14. The minimum absolute atomic E-state index is 0.00896. The van der Waals surface area contributed by atoms with Crippen molar-refractivity contribution >= 4 is 16.9 Å². The van der Waals surface area contributed by atoms with Crippen LogP contribution >= 0.6 is 0 Å². The Labute approximate surface area is 119 Å². The molecule has 1 heterocycles. The molecule has 0 aliphatic heterocycles. The van der Waals surface area contributed by atoms with Crippen molar-refractivity contribution in [2.75, 3.05) is 0 Å². The number of pyridine rings is 1. The van der Waals surface area contributed by atoms with Crippen molar-refractivity contribution < 1.29 is 23.1 Å². The average Bonchev–Trinajstić information content (AvgIpc) is 2.34. The number of carboxylic acids is 1. The van der Waals surface area contributed by atoms with Gasteiger partial charge in [-0.3, -0.25) is 4.98 Å². The van der Waals surface area contributed by atoms with Crippen LogP contribution in [0.1, 0.15) is 42.4 Å². The summed E-state index contributed by atoms with van der Waals surface area (Å²) in [4.78, 5) is 15.4. The van der Waals surface area contributed by atoms with E-state index in [1.54, 1.807) is 20.8 Å². The van der Waals surface area contributed by atoms with Crippen LogP contribution in [0.2, 0.25) is 0 Å². The largest absolute Gasteiger partial charge is 0.478 e. The SMILES string of the molecule is CC(C)(C)c1cc(C(=O)O)c2cccc(C(F)(F)F)c2n1. The third kappa shape index (κ3) is 2.84. The van der Waals surface area contributed by atoms with Gasteiger partial charge in [0.2, 0.25) is 0 Å². The molecule has 2 aromatic rings. The number of carboxylic acid groups (broad SMARTS) is 1. The zero-order chi connectivity index (χ0) is 16.0. The zero-order valence-electron chi connectivity index (χ0n) is 11.7. The number of fused-ring (bicyclic) bond motifs is 1. The molecule has 112 valence electrons. The summed E-state index contributed by atoms with van der Waals surface area (Å²) in [6.07, 6.45) is -4.58. The van der Waals surface area contributed by atoms with Gasteiger partial charge in [-0.1, -0.05) is 32.9 Å². The number of nitrogens with zero attached hydrogens (tertiary/aromatic N) is 1. The molecule has 1 aromatic carbocycles. The predicted octanol–water partition coefficient (Wildman–Crippen LogP) is 4.25. The van der Waals surface area contributed by atoms with Crippen LogP contribution < -0.4 is 0 Å². The number of hydrogen-bond donors (Lipinski definition) is 1. The van der Waals surface area contributed by atoms with Gasteiger partial charge in [-0.2, -0.15) is 13.2 Å². The summed E-state index contributed by atoms with van der Waals surface area (Å²) in [5.41, 5.74) is -1.67. The normalized spacial score (nSPS) is 12.7. The monoisotopic (exact) mass is 297 g/mol. The standard InChI is InChI=1S/C15H14F3NO2/c1-14(2,3)11-7-9(13(20)21)8-5-4-6-10(12(8)19-11)15(16,17)18/h4-7H,1-3H3,(H,20,21). The van der Waals surface area contributed by atoms with Crippen molar-refractivity contribution in [1.82, 2.24) is 4.98 Å². The zero-order valence-corrected chi connectivity index (χ0v) is 11.7. The van der Waals surface area contributed by atoms with E-state index in [0.717, 1.165) is 6.07 Å². The first-order valence-corrected chi connectivity index (χ1v) is 6.26. The van der Waals surface area contributed by atoms with Gasteiger partial charge in [0.25, 0.3) is 0 Å². The van der Waals surface area contributed by atoms with Crippen LogP contribution in [0.5, 0.6) is 0 Å². The molecule has 0 radical (unpaired) electrons. The van der Waals surface area contributed by atoms with Crippen molar-refractivity contribution in [1.29, 1.82) is 0 Å². The van der Waals surface area contributed by atoms with Crippen LogP contribution in [0.15, 0.2) is 24.3 Å². The minimum atomic E-state index is -4.58. The number of aromatic nitrogens is 1. The maximum absolute atomic E-state index is 13.1. The Kier molecular flexibility index (Phi) is 3.43. The van der Waals surface area contributed by atoms with E-state index in [4.69, 9.17) is 0 Å². The molecule has 1 N–H and O–H groups in total. The number of carbonyl (C=O) groups is 1. The molecule has 0 atom stereocenters. The molecule has 3 nitrogen and oxygen atoms in total. The molecule has 0 aliphatic rings. The van der Waals surface area contributed by atoms with Gasteiger partial charge >= 0.3 is 12.1 Å². The lowest BCUT2D eigenvalue weighted by molar-refractivity contribution is -0.136. The summed E-state index contributed by atoms with van der Waals surface area (Å²) in [5, 5.41) is 9.25. The van der Waals surface area contributed by atoms with E-state index in [0.29, 0.717) is 5.69 Å². The molecule has 0 bridgehead atoms. The van der Waals surface area contributed by atoms with Gasteiger partial charge in [0.05, 0.1) is 16.6 Å². The number of benzene rings is 1. The van der Waals surface area contributed by atoms with Crippen LogP contribution in [0.4, 0.5) is 13.2 Å². The van der Waals surface area contributed by atoms with Gasteiger partial charge in [-0.05, 0) is 12.1 Å².